The molecule has 5 aromatic rings. The van der Waals surface area contributed by atoms with Crippen LogP contribution in [0.2, 0.25) is 0 Å². The van der Waals surface area contributed by atoms with Gasteiger partial charge in [0.15, 0.2) is 0 Å². The lowest BCUT2D eigenvalue weighted by molar-refractivity contribution is 0.662. The van der Waals surface area contributed by atoms with Crippen molar-refractivity contribution in [3.63, 3.8) is 0 Å². The molecule has 2 aliphatic rings. The topological polar surface area (TPSA) is 0 Å². The van der Waals surface area contributed by atoms with Gasteiger partial charge in [0.25, 0.3) is 0 Å². The summed E-state index contributed by atoms with van der Waals surface area (Å²) < 4.78 is 0. The molecule has 0 nitrogen and oxygen atoms in total. The van der Waals surface area contributed by atoms with Crippen molar-refractivity contribution < 1.29 is 0 Å². The summed E-state index contributed by atoms with van der Waals surface area (Å²) in [5, 5.41) is 2.71. The van der Waals surface area contributed by atoms with Crippen molar-refractivity contribution in [2.24, 2.45) is 0 Å². The van der Waals surface area contributed by atoms with Gasteiger partial charge < -0.3 is 0 Å². The molecule has 0 saturated carbocycles. The molecule has 5 aromatic carbocycles. The normalized spacial score (nSPS) is 14.7. The zero-order chi connectivity index (χ0) is 21.4. The van der Waals surface area contributed by atoms with E-state index >= 15 is 0 Å². The summed E-state index contributed by atoms with van der Waals surface area (Å²) >= 11 is 1.93. The number of fused-ring (bicyclic) bond motifs is 5. The minimum absolute atomic E-state index is 0.0268. The van der Waals surface area contributed by atoms with E-state index in [-0.39, 0.29) is 5.41 Å². The Morgan fingerprint density at radius 2 is 1.19 bits per heavy atom. The molecule has 0 fully saturated rings. The van der Waals surface area contributed by atoms with Gasteiger partial charge in [0.1, 0.15) is 0 Å². The van der Waals surface area contributed by atoms with E-state index in [9.17, 15) is 0 Å². The summed E-state index contributed by atoms with van der Waals surface area (Å²) in [6.45, 7) is 4.75. The first-order chi connectivity index (χ1) is 15.6. The summed E-state index contributed by atoms with van der Waals surface area (Å²) in [5.74, 6) is 0. The van der Waals surface area contributed by atoms with Gasteiger partial charge in [-0.25, -0.2) is 0 Å². The van der Waals surface area contributed by atoms with Gasteiger partial charge in [-0.05, 0) is 56.0 Å². The van der Waals surface area contributed by atoms with Gasteiger partial charge >= 0.3 is 0 Å². The van der Waals surface area contributed by atoms with E-state index in [4.69, 9.17) is 0 Å². The maximum Gasteiger partial charge on any atom is 0.0285 e. The number of rotatable bonds is 1. The van der Waals surface area contributed by atoms with Gasteiger partial charge in [-0.3, -0.25) is 0 Å². The van der Waals surface area contributed by atoms with E-state index in [1.165, 1.54) is 65.1 Å². The van der Waals surface area contributed by atoms with Crippen molar-refractivity contribution in [3.05, 3.63) is 108 Å². The molecule has 0 aromatic heterocycles. The van der Waals surface area contributed by atoms with Crippen LogP contribution < -0.4 is 0 Å². The van der Waals surface area contributed by atoms with Crippen molar-refractivity contribution in [2.75, 3.05) is 0 Å². The Morgan fingerprint density at radius 1 is 0.531 bits per heavy atom. The van der Waals surface area contributed by atoms with Crippen LogP contribution in [0.1, 0.15) is 25.0 Å². The molecule has 32 heavy (non-hydrogen) atoms. The highest BCUT2D eigenvalue weighted by molar-refractivity contribution is 8.00. The van der Waals surface area contributed by atoms with E-state index < -0.39 is 0 Å². The summed E-state index contributed by atoms with van der Waals surface area (Å²) in [7, 11) is 0. The van der Waals surface area contributed by atoms with Crippen LogP contribution in [0.15, 0.2) is 107 Å². The molecule has 0 saturated heterocycles. The maximum atomic E-state index is 2.38. The molecule has 0 N–H and O–H groups in total. The van der Waals surface area contributed by atoms with Gasteiger partial charge in [0.05, 0.1) is 0 Å². The highest BCUT2D eigenvalue weighted by atomic mass is 32.2. The first kappa shape index (κ1) is 18.3. The minimum atomic E-state index is -0.0268. The summed E-state index contributed by atoms with van der Waals surface area (Å²) in [6, 6.07) is 36.0. The summed E-state index contributed by atoms with van der Waals surface area (Å²) in [5.41, 5.74) is 11.0. The lowest BCUT2D eigenvalue weighted by Gasteiger charge is -2.27. The average molecular weight is 427 g/mol. The van der Waals surface area contributed by atoms with E-state index in [1.807, 2.05) is 11.8 Å². The Morgan fingerprint density at radius 3 is 2.06 bits per heavy atom. The largest absolute Gasteiger partial charge is 0.0881 e. The second kappa shape index (κ2) is 6.37. The third-order valence-corrected chi connectivity index (χ3v) is 8.46. The molecule has 0 unspecified atom stereocenters. The first-order valence-electron chi connectivity index (χ1n) is 11.2. The molecule has 152 valence electrons. The predicted octanol–water partition coefficient (Wildman–Crippen LogP) is 8.94. The Labute approximate surface area is 192 Å². The molecule has 0 atom stereocenters. The van der Waals surface area contributed by atoms with Crippen LogP contribution in [0.4, 0.5) is 0 Å². The SMILES string of the molecule is CC1(C)c2ccccc2-c2cccc(-c3ccc4cccc5c4c3Sc3ccccc3-5)c21. The Bertz CT molecular complexity index is 1570. The van der Waals surface area contributed by atoms with Crippen molar-refractivity contribution in [1.29, 1.82) is 0 Å². The molecule has 1 heteroatoms. The van der Waals surface area contributed by atoms with Crippen LogP contribution in [0.25, 0.3) is 44.2 Å². The zero-order valence-corrected chi connectivity index (χ0v) is 19.0. The monoisotopic (exact) mass is 426 g/mol. The van der Waals surface area contributed by atoms with Crippen LogP contribution >= 0.6 is 11.8 Å². The number of benzene rings is 5. The average Bonchev–Trinajstić information content (AvgIpc) is 3.07. The van der Waals surface area contributed by atoms with Crippen molar-refractivity contribution >= 4 is 22.5 Å². The van der Waals surface area contributed by atoms with Gasteiger partial charge in [0, 0.05) is 20.6 Å². The summed E-state index contributed by atoms with van der Waals surface area (Å²) in [4.78, 5) is 2.73. The zero-order valence-electron chi connectivity index (χ0n) is 18.1. The lowest BCUT2D eigenvalue weighted by Crippen LogP contribution is -2.16. The molecule has 0 radical (unpaired) electrons. The predicted molar refractivity (Wildman–Crippen MR) is 137 cm³/mol. The van der Waals surface area contributed by atoms with Crippen LogP contribution in [0.5, 0.6) is 0 Å². The highest BCUT2D eigenvalue weighted by Gasteiger charge is 2.37. The van der Waals surface area contributed by atoms with E-state index in [1.54, 1.807) is 0 Å². The third-order valence-electron chi connectivity index (χ3n) is 7.26. The second-order valence-corrected chi connectivity index (χ2v) is 10.4. The van der Waals surface area contributed by atoms with Gasteiger partial charge in [-0.2, -0.15) is 0 Å². The fourth-order valence-corrected chi connectivity index (χ4v) is 7.12. The molecule has 7 rings (SSSR count). The Kier molecular flexibility index (Phi) is 3.64. The van der Waals surface area contributed by atoms with Crippen LogP contribution in [0, 0.1) is 0 Å². The highest BCUT2D eigenvalue weighted by Crippen LogP contribution is 2.56. The smallest absolute Gasteiger partial charge is 0.0285 e. The molecule has 1 heterocycles. The van der Waals surface area contributed by atoms with Gasteiger partial charge in [0.2, 0.25) is 0 Å². The molecule has 0 bridgehead atoms. The molecule has 1 aliphatic carbocycles. The molecule has 0 amide bonds. The standard InChI is InChI=1S/C31H22S/c1-31(2)26-15-5-3-10-20(26)23-13-8-14-24(29(23)31)25-18-17-19-9-7-12-22-21-11-4-6-16-27(21)32-30(25)28(19)22/h3-18H,1-2H3. The van der Waals surface area contributed by atoms with Crippen molar-refractivity contribution in [3.8, 4) is 33.4 Å². The third kappa shape index (κ3) is 2.29. The summed E-state index contributed by atoms with van der Waals surface area (Å²) in [6.07, 6.45) is 0. The van der Waals surface area contributed by atoms with Crippen molar-refractivity contribution in [2.45, 2.75) is 29.1 Å². The van der Waals surface area contributed by atoms with Crippen LogP contribution in [-0.4, -0.2) is 0 Å². The van der Waals surface area contributed by atoms with E-state index in [0.717, 1.165) is 0 Å². The van der Waals surface area contributed by atoms with Crippen LogP contribution in [-0.2, 0) is 5.41 Å². The van der Waals surface area contributed by atoms with Crippen molar-refractivity contribution in [1.82, 2.24) is 0 Å². The number of hydrogen-bond donors (Lipinski definition) is 0. The maximum absolute atomic E-state index is 2.38. The Hall–Kier alpha value is -3.29. The van der Waals surface area contributed by atoms with Gasteiger partial charge in [-0.1, -0.05) is 117 Å². The van der Waals surface area contributed by atoms with Gasteiger partial charge in [-0.15, -0.1) is 0 Å². The second-order valence-electron chi connectivity index (χ2n) is 9.34. The fourth-order valence-electron chi connectivity index (χ4n) is 5.85. The van der Waals surface area contributed by atoms with E-state index in [0.29, 0.717) is 0 Å². The quantitative estimate of drug-likeness (QED) is 0.253. The fraction of sp³-hybridized carbons (Fsp3) is 0.0968. The van der Waals surface area contributed by atoms with Crippen LogP contribution in [0.3, 0.4) is 0 Å². The molecule has 1 aliphatic heterocycles. The molecular weight excluding hydrogens is 404 g/mol. The molecular formula is C31H22S. The Balaban J connectivity index is 1.57. The lowest BCUT2D eigenvalue weighted by atomic mass is 9.78. The van der Waals surface area contributed by atoms with E-state index in [2.05, 4.69) is 111 Å². The number of hydrogen-bond acceptors (Lipinski definition) is 1. The molecule has 0 spiro atoms. The minimum Gasteiger partial charge on any atom is -0.0881 e. The first-order valence-corrected chi connectivity index (χ1v) is 12.0.